The Morgan fingerprint density at radius 2 is 1.78 bits per heavy atom. The molecular weight excluding hydrogens is 550 g/mol. The number of aromatic amines is 1. The van der Waals surface area contributed by atoms with Crippen LogP contribution in [-0.2, 0) is 30.2 Å². The van der Waals surface area contributed by atoms with E-state index in [4.69, 9.17) is 9.47 Å². The Balaban J connectivity index is 1.56. The molecule has 0 amide bonds. The summed E-state index contributed by atoms with van der Waals surface area (Å²) in [5.74, 6) is 1.61. The number of anilines is 1. The normalized spacial score (nSPS) is 11.9. The van der Waals surface area contributed by atoms with E-state index in [-0.39, 0.29) is 17.7 Å². The third kappa shape index (κ3) is 5.26. The van der Waals surface area contributed by atoms with Gasteiger partial charge in [0.1, 0.15) is 11.3 Å². The van der Waals surface area contributed by atoms with Gasteiger partial charge in [0, 0.05) is 45.3 Å². The zero-order chi connectivity index (χ0) is 29.5. The Kier molecular flexibility index (Phi) is 7.28. The van der Waals surface area contributed by atoms with E-state index in [9.17, 15) is 18.0 Å². The summed E-state index contributed by atoms with van der Waals surface area (Å²) in [6, 6.07) is 10.4. The Morgan fingerprint density at radius 3 is 2.49 bits per heavy atom. The Hall–Kier alpha value is -4.69. The smallest absolute Gasteiger partial charge is 0.332 e. The van der Waals surface area contributed by atoms with Gasteiger partial charge in [0.05, 0.1) is 26.5 Å². The molecule has 2 N–H and O–H groups in total. The van der Waals surface area contributed by atoms with Gasteiger partial charge in [0.2, 0.25) is 0 Å². The molecule has 0 atom stereocenters. The molecule has 0 bridgehead atoms. The molecule has 5 aromatic rings. The predicted octanol–water partition coefficient (Wildman–Crippen LogP) is 1.85. The number of nitrogens with one attached hydrogen (secondary N) is 2. The first-order valence-electron chi connectivity index (χ1n) is 12.5. The molecule has 0 saturated carbocycles. The number of ether oxygens (including phenoxy) is 2. The molecule has 0 aliphatic rings. The molecule has 0 unspecified atom stereocenters. The summed E-state index contributed by atoms with van der Waals surface area (Å²) >= 11 is 0. The van der Waals surface area contributed by atoms with Crippen LogP contribution in [0.5, 0.6) is 11.5 Å². The lowest BCUT2D eigenvalue weighted by Gasteiger charge is -2.14. The van der Waals surface area contributed by atoms with E-state index in [0.717, 1.165) is 25.2 Å². The van der Waals surface area contributed by atoms with Gasteiger partial charge in [-0.15, -0.1) is 0 Å². The van der Waals surface area contributed by atoms with E-state index < -0.39 is 21.5 Å². The van der Waals surface area contributed by atoms with E-state index in [1.807, 2.05) is 12.1 Å². The molecule has 14 heteroatoms. The molecule has 41 heavy (non-hydrogen) atoms. The molecule has 3 aromatic heterocycles. The molecule has 3 heterocycles. The van der Waals surface area contributed by atoms with Crippen LogP contribution in [-0.4, -0.2) is 65.1 Å². The van der Waals surface area contributed by atoms with E-state index in [1.54, 1.807) is 50.9 Å². The van der Waals surface area contributed by atoms with Gasteiger partial charge >= 0.3 is 15.9 Å². The molecule has 2 aromatic carbocycles. The van der Waals surface area contributed by atoms with E-state index >= 15 is 0 Å². The number of nitrogens with zero attached hydrogens (tertiary/aromatic N) is 5. The number of fused-ring (bicyclic) bond motifs is 2. The third-order valence-electron chi connectivity index (χ3n) is 6.72. The molecular formula is C27H29N7O6S. The maximum atomic E-state index is 13.2. The van der Waals surface area contributed by atoms with Crippen LogP contribution in [0.2, 0.25) is 0 Å². The second kappa shape index (κ2) is 10.7. The third-order valence-corrected chi connectivity index (χ3v) is 8.18. The number of pyridine rings is 1. The molecule has 0 aliphatic carbocycles. The summed E-state index contributed by atoms with van der Waals surface area (Å²) in [5.41, 5.74) is 1.12. The maximum absolute atomic E-state index is 13.2. The van der Waals surface area contributed by atoms with Crippen molar-refractivity contribution in [1.29, 1.82) is 0 Å². The van der Waals surface area contributed by atoms with Crippen molar-refractivity contribution in [3.63, 3.8) is 0 Å². The summed E-state index contributed by atoms with van der Waals surface area (Å²) in [5, 5.41) is 1.72. The van der Waals surface area contributed by atoms with Crippen molar-refractivity contribution in [3.8, 4) is 11.5 Å². The van der Waals surface area contributed by atoms with Gasteiger partial charge in [0.25, 0.3) is 5.56 Å². The first-order chi connectivity index (χ1) is 19.5. The van der Waals surface area contributed by atoms with Gasteiger partial charge < -0.3 is 14.5 Å². The zero-order valence-corrected chi connectivity index (χ0v) is 23.9. The zero-order valence-electron chi connectivity index (χ0n) is 23.1. The standard InChI is InChI=1S/C27H29N7O6S/c1-32(2)41(37,38)31-19-8-6-7-16(9-19)15-34-25-24(26(35)33(3)27(34)36)29-23(30-25)11-18-14-28-13-17-10-21(39-4)22(40-5)12-20(17)18/h6-10,12-14,31H,11,15H2,1-5H3,(H,29,30). The van der Waals surface area contributed by atoms with Gasteiger partial charge in [-0.2, -0.15) is 12.7 Å². The number of benzene rings is 2. The van der Waals surface area contributed by atoms with Crippen molar-refractivity contribution in [3.05, 3.63) is 86.6 Å². The minimum Gasteiger partial charge on any atom is -0.493 e. The molecule has 13 nitrogen and oxygen atoms in total. The van der Waals surface area contributed by atoms with Crippen LogP contribution in [0, 0.1) is 0 Å². The van der Waals surface area contributed by atoms with Crippen LogP contribution < -0.4 is 25.4 Å². The summed E-state index contributed by atoms with van der Waals surface area (Å²) in [7, 11) is 3.65. The fourth-order valence-corrected chi connectivity index (χ4v) is 5.15. The molecule has 0 fully saturated rings. The average molecular weight is 580 g/mol. The maximum Gasteiger partial charge on any atom is 0.332 e. The van der Waals surface area contributed by atoms with Crippen LogP contribution in [0.3, 0.4) is 0 Å². The quantitative estimate of drug-likeness (QED) is 0.268. The number of hydrogen-bond acceptors (Lipinski definition) is 8. The highest BCUT2D eigenvalue weighted by Gasteiger charge is 2.18. The minimum absolute atomic E-state index is 0.0537. The summed E-state index contributed by atoms with van der Waals surface area (Å²) < 4.78 is 41.4. The second-order valence-corrected chi connectivity index (χ2v) is 11.5. The topological polar surface area (TPSA) is 153 Å². The number of aromatic nitrogens is 5. The Bertz CT molecular complexity index is 2010. The van der Waals surface area contributed by atoms with Crippen molar-refractivity contribution < 1.29 is 17.9 Å². The lowest BCUT2D eigenvalue weighted by molar-refractivity contribution is 0.356. The van der Waals surface area contributed by atoms with Gasteiger partial charge in [-0.05, 0) is 40.8 Å². The molecule has 0 radical (unpaired) electrons. The van der Waals surface area contributed by atoms with Gasteiger partial charge in [-0.1, -0.05) is 12.1 Å². The fraction of sp³-hybridized carbons (Fsp3) is 0.259. The van der Waals surface area contributed by atoms with Gasteiger partial charge in [-0.3, -0.25) is 23.6 Å². The van der Waals surface area contributed by atoms with Crippen molar-refractivity contribution >= 4 is 37.8 Å². The predicted molar refractivity (Wildman–Crippen MR) is 155 cm³/mol. The average Bonchev–Trinajstić information content (AvgIpc) is 3.37. The van der Waals surface area contributed by atoms with Crippen molar-refractivity contribution in [1.82, 2.24) is 28.4 Å². The van der Waals surface area contributed by atoms with Crippen LogP contribution in [0.1, 0.15) is 17.0 Å². The van der Waals surface area contributed by atoms with Gasteiger partial charge in [-0.25, -0.2) is 9.78 Å². The number of methoxy groups -OCH3 is 2. The summed E-state index contributed by atoms with van der Waals surface area (Å²) in [6.07, 6.45) is 3.74. The monoisotopic (exact) mass is 579 g/mol. The molecule has 0 spiro atoms. The van der Waals surface area contributed by atoms with Crippen LogP contribution in [0.15, 0.2) is 58.4 Å². The highest BCUT2D eigenvalue weighted by Crippen LogP contribution is 2.33. The van der Waals surface area contributed by atoms with E-state index in [0.29, 0.717) is 35.0 Å². The molecule has 0 saturated heterocycles. The number of hydrogen-bond donors (Lipinski definition) is 2. The van der Waals surface area contributed by atoms with Crippen molar-refractivity contribution in [2.24, 2.45) is 7.05 Å². The fourth-order valence-electron chi connectivity index (χ4n) is 4.54. The molecule has 0 aliphatic heterocycles. The molecule has 5 rings (SSSR count). The Morgan fingerprint density at radius 1 is 1.05 bits per heavy atom. The van der Waals surface area contributed by atoms with E-state index in [1.165, 1.54) is 25.7 Å². The first-order valence-corrected chi connectivity index (χ1v) is 13.9. The second-order valence-electron chi connectivity index (χ2n) is 9.61. The lowest BCUT2D eigenvalue weighted by Crippen LogP contribution is -2.38. The van der Waals surface area contributed by atoms with Gasteiger partial charge in [0.15, 0.2) is 17.1 Å². The minimum atomic E-state index is -3.71. The Labute approximate surface area is 235 Å². The summed E-state index contributed by atoms with van der Waals surface area (Å²) in [6.45, 7) is 0.0537. The van der Waals surface area contributed by atoms with Crippen LogP contribution >= 0.6 is 0 Å². The lowest BCUT2D eigenvalue weighted by atomic mass is 10.0. The van der Waals surface area contributed by atoms with E-state index in [2.05, 4.69) is 19.7 Å². The number of rotatable bonds is 9. The number of H-pyrrole nitrogens is 1. The SMILES string of the molecule is COc1cc2cncc(Cc3nc4c([nH]3)c(=O)n(C)c(=O)n4Cc3cccc(NS(=O)(=O)N(C)C)c3)c2cc1OC. The highest BCUT2D eigenvalue weighted by atomic mass is 32.2. The first kappa shape index (κ1) is 27.9. The van der Waals surface area contributed by atoms with Crippen molar-refractivity contribution in [2.75, 3.05) is 33.0 Å². The summed E-state index contributed by atoms with van der Waals surface area (Å²) in [4.78, 5) is 38.3. The highest BCUT2D eigenvalue weighted by molar-refractivity contribution is 7.90. The van der Waals surface area contributed by atoms with Crippen LogP contribution in [0.25, 0.3) is 21.9 Å². The van der Waals surface area contributed by atoms with Crippen LogP contribution in [0.4, 0.5) is 5.69 Å². The number of imidazole rings is 1. The largest absolute Gasteiger partial charge is 0.493 e. The molecule has 214 valence electrons. The van der Waals surface area contributed by atoms with Crippen molar-refractivity contribution in [2.45, 2.75) is 13.0 Å².